The van der Waals surface area contributed by atoms with Gasteiger partial charge >= 0.3 is 0 Å². The fourth-order valence-corrected chi connectivity index (χ4v) is 4.04. The highest BCUT2D eigenvalue weighted by Gasteiger charge is 2.22. The normalized spacial score (nSPS) is 14.6. The van der Waals surface area contributed by atoms with Crippen LogP contribution in [0, 0.1) is 0 Å². The SMILES string of the molecule is CN(CCc1ccccn1)C(=O)CCc1ccc2c(c1)CN(S(C)(=O)=O)CCO2. The third kappa shape index (κ3) is 6.01. The van der Waals surface area contributed by atoms with E-state index in [1.165, 1.54) is 10.6 Å². The average molecular weight is 418 g/mol. The number of aryl methyl sites for hydroxylation is 1. The Balaban J connectivity index is 1.56. The summed E-state index contributed by atoms with van der Waals surface area (Å²) in [5.41, 5.74) is 2.80. The van der Waals surface area contributed by atoms with Crippen molar-refractivity contribution in [3.63, 3.8) is 0 Å². The molecule has 0 saturated heterocycles. The van der Waals surface area contributed by atoms with Gasteiger partial charge in [-0.05, 0) is 30.2 Å². The minimum atomic E-state index is -3.28. The van der Waals surface area contributed by atoms with Crippen molar-refractivity contribution < 1.29 is 17.9 Å². The lowest BCUT2D eigenvalue weighted by Gasteiger charge is -2.18. The van der Waals surface area contributed by atoms with Gasteiger partial charge in [-0.1, -0.05) is 18.2 Å². The van der Waals surface area contributed by atoms with Gasteiger partial charge in [-0.25, -0.2) is 8.42 Å². The van der Waals surface area contributed by atoms with Gasteiger partial charge in [-0.3, -0.25) is 9.78 Å². The van der Waals surface area contributed by atoms with Gasteiger partial charge in [-0.2, -0.15) is 4.31 Å². The van der Waals surface area contributed by atoms with E-state index in [0.717, 1.165) is 23.2 Å². The molecule has 0 aliphatic carbocycles. The molecule has 1 aliphatic rings. The zero-order valence-electron chi connectivity index (χ0n) is 16.9. The maximum Gasteiger partial charge on any atom is 0.222 e. The van der Waals surface area contributed by atoms with Crippen LogP contribution in [0.3, 0.4) is 0 Å². The van der Waals surface area contributed by atoms with Gasteiger partial charge in [0.1, 0.15) is 12.4 Å². The predicted molar refractivity (Wildman–Crippen MR) is 111 cm³/mol. The molecule has 3 rings (SSSR count). The van der Waals surface area contributed by atoms with Crippen molar-refractivity contribution in [1.29, 1.82) is 0 Å². The van der Waals surface area contributed by atoms with Crippen LogP contribution in [0.1, 0.15) is 23.2 Å². The molecule has 0 bridgehead atoms. The van der Waals surface area contributed by atoms with Crippen molar-refractivity contribution in [2.45, 2.75) is 25.8 Å². The fraction of sp³-hybridized carbons (Fsp3) is 0.429. The molecule has 1 amide bonds. The first-order chi connectivity index (χ1) is 13.8. The minimum absolute atomic E-state index is 0.0740. The lowest BCUT2D eigenvalue weighted by atomic mass is 10.0. The summed E-state index contributed by atoms with van der Waals surface area (Å²) < 4.78 is 30.9. The van der Waals surface area contributed by atoms with E-state index in [9.17, 15) is 13.2 Å². The van der Waals surface area contributed by atoms with Gasteiger partial charge in [0.2, 0.25) is 15.9 Å². The van der Waals surface area contributed by atoms with Crippen molar-refractivity contribution >= 4 is 15.9 Å². The number of pyridine rings is 1. The number of likely N-dealkylation sites (N-methyl/N-ethyl adjacent to an activating group) is 1. The molecule has 156 valence electrons. The molecule has 0 spiro atoms. The zero-order chi connectivity index (χ0) is 20.9. The van der Waals surface area contributed by atoms with E-state index in [1.54, 1.807) is 18.1 Å². The van der Waals surface area contributed by atoms with Crippen LogP contribution in [0.2, 0.25) is 0 Å². The molecule has 1 aromatic carbocycles. The molecule has 0 fully saturated rings. The lowest BCUT2D eigenvalue weighted by molar-refractivity contribution is -0.129. The van der Waals surface area contributed by atoms with Crippen LogP contribution >= 0.6 is 0 Å². The molecule has 0 radical (unpaired) electrons. The Labute approximate surface area is 172 Å². The molecular weight excluding hydrogens is 390 g/mol. The minimum Gasteiger partial charge on any atom is -0.492 e. The van der Waals surface area contributed by atoms with Crippen LogP contribution in [-0.2, 0) is 34.2 Å². The molecule has 0 saturated carbocycles. The van der Waals surface area contributed by atoms with Crippen molar-refractivity contribution in [2.75, 3.05) is 33.0 Å². The molecule has 7 nitrogen and oxygen atoms in total. The van der Waals surface area contributed by atoms with E-state index in [0.29, 0.717) is 44.8 Å². The van der Waals surface area contributed by atoms with Gasteiger partial charge in [0.15, 0.2) is 0 Å². The maximum absolute atomic E-state index is 12.5. The topological polar surface area (TPSA) is 79.8 Å². The molecule has 1 aromatic heterocycles. The Morgan fingerprint density at radius 2 is 2.07 bits per heavy atom. The van der Waals surface area contributed by atoms with Gasteiger partial charge in [0.05, 0.1) is 6.26 Å². The first-order valence-corrected chi connectivity index (χ1v) is 11.5. The molecule has 0 unspecified atom stereocenters. The van der Waals surface area contributed by atoms with E-state index >= 15 is 0 Å². The first kappa shape index (κ1) is 21.3. The average Bonchev–Trinajstić information content (AvgIpc) is 2.93. The zero-order valence-corrected chi connectivity index (χ0v) is 17.7. The van der Waals surface area contributed by atoms with Crippen molar-refractivity contribution in [1.82, 2.24) is 14.2 Å². The summed E-state index contributed by atoms with van der Waals surface area (Å²) in [5, 5.41) is 0. The van der Waals surface area contributed by atoms with Crippen LogP contribution in [0.5, 0.6) is 5.75 Å². The number of aromatic nitrogens is 1. The molecule has 2 heterocycles. The number of fused-ring (bicyclic) bond motifs is 1. The number of benzene rings is 1. The maximum atomic E-state index is 12.5. The number of amides is 1. The third-order valence-corrected chi connectivity index (χ3v) is 6.27. The largest absolute Gasteiger partial charge is 0.492 e. The quantitative estimate of drug-likeness (QED) is 0.687. The van der Waals surface area contributed by atoms with Crippen LogP contribution in [0.25, 0.3) is 0 Å². The van der Waals surface area contributed by atoms with Gasteiger partial charge in [-0.15, -0.1) is 0 Å². The third-order valence-electron chi connectivity index (χ3n) is 5.02. The lowest BCUT2D eigenvalue weighted by Crippen LogP contribution is -2.31. The second kappa shape index (κ2) is 9.37. The van der Waals surface area contributed by atoms with Crippen LogP contribution in [0.4, 0.5) is 0 Å². The van der Waals surface area contributed by atoms with Crippen LogP contribution in [0.15, 0.2) is 42.6 Å². The Bertz CT molecular complexity index is 948. The highest BCUT2D eigenvalue weighted by atomic mass is 32.2. The second-order valence-corrected chi connectivity index (χ2v) is 9.26. The smallest absolute Gasteiger partial charge is 0.222 e. The van der Waals surface area contributed by atoms with Crippen molar-refractivity contribution in [2.24, 2.45) is 0 Å². The molecule has 0 atom stereocenters. The number of hydrogen-bond acceptors (Lipinski definition) is 5. The first-order valence-electron chi connectivity index (χ1n) is 9.66. The number of rotatable bonds is 7. The van der Waals surface area contributed by atoms with Crippen molar-refractivity contribution in [3.05, 3.63) is 59.4 Å². The van der Waals surface area contributed by atoms with E-state index in [1.807, 2.05) is 36.4 Å². The summed E-state index contributed by atoms with van der Waals surface area (Å²) in [6.45, 7) is 1.58. The predicted octanol–water partition coefficient (Wildman–Crippen LogP) is 1.87. The molecule has 29 heavy (non-hydrogen) atoms. The molecule has 8 heteroatoms. The van der Waals surface area contributed by atoms with Crippen LogP contribution in [-0.4, -0.2) is 61.5 Å². The molecule has 0 N–H and O–H groups in total. The Kier molecular flexibility index (Phi) is 6.87. The fourth-order valence-electron chi connectivity index (χ4n) is 3.26. The highest BCUT2D eigenvalue weighted by Crippen LogP contribution is 2.26. The van der Waals surface area contributed by atoms with E-state index in [2.05, 4.69) is 4.98 Å². The number of carbonyl (C=O) groups excluding carboxylic acids is 1. The number of hydrogen-bond donors (Lipinski definition) is 0. The second-order valence-electron chi connectivity index (χ2n) is 7.27. The summed E-state index contributed by atoms with van der Waals surface area (Å²) in [4.78, 5) is 18.5. The summed E-state index contributed by atoms with van der Waals surface area (Å²) >= 11 is 0. The van der Waals surface area contributed by atoms with Gasteiger partial charge in [0.25, 0.3) is 0 Å². The summed E-state index contributed by atoms with van der Waals surface area (Å²) in [6.07, 6.45) is 4.68. The molecule has 2 aromatic rings. The summed E-state index contributed by atoms with van der Waals surface area (Å²) in [6, 6.07) is 11.5. The van der Waals surface area contributed by atoms with Gasteiger partial charge < -0.3 is 9.64 Å². The number of nitrogens with zero attached hydrogens (tertiary/aromatic N) is 3. The van der Waals surface area contributed by atoms with Crippen molar-refractivity contribution in [3.8, 4) is 5.75 Å². The van der Waals surface area contributed by atoms with E-state index in [4.69, 9.17) is 4.74 Å². The number of carbonyl (C=O) groups is 1. The molecule has 1 aliphatic heterocycles. The van der Waals surface area contributed by atoms with E-state index in [-0.39, 0.29) is 5.91 Å². The number of sulfonamides is 1. The summed E-state index contributed by atoms with van der Waals surface area (Å²) in [5.74, 6) is 0.781. The highest BCUT2D eigenvalue weighted by molar-refractivity contribution is 7.88. The van der Waals surface area contributed by atoms with Gasteiger partial charge in [0, 0.05) is 57.0 Å². The number of ether oxygens (including phenoxy) is 1. The standard InChI is InChI=1S/C21H27N3O4S/c1-23(12-10-19-5-3-4-11-22-19)21(25)9-7-17-6-8-20-18(15-17)16-24(13-14-28-20)29(2,26)27/h3-6,8,11,15H,7,9-10,12-14,16H2,1-2H3. The Morgan fingerprint density at radius 3 is 2.79 bits per heavy atom. The monoisotopic (exact) mass is 417 g/mol. The van der Waals surface area contributed by atoms with E-state index < -0.39 is 10.0 Å². The van der Waals surface area contributed by atoms with Crippen LogP contribution < -0.4 is 4.74 Å². The molecular formula is C21H27N3O4S. The Hall–Kier alpha value is -2.45. The Morgan fingerprint density at radius 1 is 1.24 bits per heavy atom. The summed E-state index contributed by atoms with van der Waals surface area (Å²) in [7, 11) is -1.48.